The molecule has 2 aliphatic rings. The van der Waals surface area contributed by atoms with Crippen molar-refractivity contribution in [3.8, 4) is 22.8 Å². The number of nitrogens with two attached hydrogens (primary N) is 1. The first-order valence-electron chi connectivity index (χ1n) is 14.3. The fourth-order valence-electron chi connectivity index (χ4n) is 5.36. The van der Waals surface area contributed by atoms with Gasteiger partial charge < -0.3 is 25.6 Å². The van der Waals surface area contributed by atoms with E-state index in [-0.39, 0.29) is 63.1 Å². The van der Waals surface area contributed by atoms with Crippen LogP contribution >= 0.6 is 15.9 Å². The molecule has 4 N–H and O–H groups in total. The van der Waals surface area contributed by atoms with Crippen molar-refractivity contribution < 1.29 is 37.3 Å². The second-order valence-corrected chi connectivity index (χ2v) is 12.1. The van der Waals surface area contributed by atoms with Crippen LogP contribution in [0.2, 0.25) is 0 Å². The number of halogens is 4. The number of alkyl halides is 1. The van der Waals surface area contributed by atoms with Crippen molar-refractivity contribution >= 4 is 38.6 Å². The van der Waals surface area contributed by atoms with E-state index in [1.807, 2.05) is 0 Å². The molecule has 2 aromatic carbocycles. The van der Waals surface area contributed by atoms with E-state index in [1.54, 1.807) is 13.0 Å². The van der Waals surface area contributed by atoms with Gasteiger partial charge in [0.25, 0.3) is 11.8 Å². The predicted octanol–water partition coefficient (Wildman–Crippen LogP) is 5.09. The monoisotopic (exact) mass is 687 g/mol. The van der Waals surface area contributed by atoms with Crippen LogP contribution in [0.3, 0.4) is 0 Å². The number of primary amides is 1. The Morgan fingerprint density at radius 3 is 2.56 bits per heavy atom. The Kier molecular flexibility index (Phi) is 7.76. The molecule has 2 aliphatic carbocycles. The van der Waals surface area contributed by atoms with Gasteiger partial charge in [0.05, 0.1) is 36.0 Å². The van der Waals surface area contributed by atoms with Crippen LogP contribution < -0.4 is 20.5 Å². The summed E-state index contributed by atoms with van der Waals surface area (Å²) in [5, 5.41) is 19.6. The second-order valence-electron chi connectivity index (χ2n) is 11.3. The Morgan fingerprint density at radius 2 is 1.93 bits per heavy atom. The zero-order valence-electron chi connectivity index (χ0n) is 24.3. The number of amides is 2. The molecule has 6 rings (SSSR count). The number of aliphatic hydroxyl groups is 1. The summed E-state index contributed by atoms with van der Waals surface area (Å²) in [7, 11) is 1.41. The number of aromatic nitrogens is 3. The second kappa shape index (κ2) is 11.3. The topological polar surface area (TPSA) is 142 Å². The molecule has 0 saturated heterocycles. The molecule has 236 valence electrons. The highest BCUT2D eigenvalue weighted by Crippen LogP contribution is 2.48. The molecule has 0 spiro atoms. The Balaban J connectivity index is 1.38. The molecule has 2 saturated carbocycles. The number of pyridine rings is 1. The van der Waals surface area contributed by atoms with E-state index >= 15 is 4.39 Å². The minimum absolute atomic E-state index is 0.0515. The summed E-state index contributed by atoms with van der Waals surface area (Å²) in [6.07, 6.45) is 3.39. The van der Waals surface area contributed by atoms with Gasteiger partial charge in [-0.25, -0.2) is 22.8 Å². The average molecular weight is 689 g/mol. The molecule has 2 aromatic heterocycles. The molecule has 0 bridgehead atoms. The number of nitrogens with zero attached hydrogens (tertiary/aromatic N) is 3. The number of ether oxygens (including phenoxy) is 2. The van der Waals surface area contributed by atoms with Gasteiger partial charge in [-0.2, -0.15) is 5.10 Å². The van der Waals surface area contributed by atoms with E-state index in [1.165, 1.54) is 30.1 Å². The third-order valence-corrected chi connectivity index (χ3v) is 8.74. The molecule has 10 nitrogen and oxygen atoms in total. The fourth-order valence-corrected chi connectivity index (χ4v) is 5.71. The van der Waals surface area contributed by atoms with Gasteiger partial charge in [0.2, 0.25) is 5.79 Å². The molecular weight excluding hydrogens is 659 g/mol. The Hall–Kier alpha value is -4.17. The van der Waals surface area contributed by atoms with Gasteiger partial charge in [0, 0.05) is 41.6 Å². The van der Waals surface area contributed by atoms with Gasteiger partial charge in [-0.15, -0.1) is 0 Å². The Labute approximate surface area is 263 Å². The highest BCUT2D eigenvalue weighted by atomic mass is 79.9. The highest BCUT2D eigenvalue weighted by molar-refractivity contribution is 9.10. The van der Waals surface area contributed by atoms with Crippen LogP contribution in [0.1, 0.15) is 59.0 Å². The van der Waals surface area contributed by atoms with Crippen molar-refractivity contribution in [3.05, 3.63) is 69.5 Å². The number of carbonyl (C=O) groups is 2. The standard InChI is InChI=1S/C31H29BrF3N5O5/c1-3-45-27-19(28(36)41)11-24(38-26(27)18-10-20(32)22(34)12-21(18)33)31(43,17-4-5-17)14-37-29(42)15-8-16-13-40(30(35)6-7-30)39-25(16)23(9-15)44-2/h8-13,17,43H,3-7,14H2,1-2H3,(H2,36,41)(H,37,42)/t31-/m1/s1. The van der Waals surface area contributed by atoms with Crippen molar-refractivity contribution in [2.45, 2.75) is 44.0 Å². The molecule has 0 unspecified atom stereocenters. The summed E-state index contributed by atoms with van der Waals surface area (Å²) < 4.78 is 56.2. The SMILES string of the molecule is CCOc1c(C(N)=O)cc([C@@](O)(CNC(=O)c2cc(OC)c3nn(C4(F)CC4)cc3c2)C2CC2)nc1-c1cc(Br)c(F)cc1F. The minimum atomic E-state index is -1.81. The third-order valence-electron chi connectivity index (χ3n) is 8.14. The summed E-state index contributed by atoms with van der Waals surface area (Å²) in [6.45, 7) is 1.38. The molecule has 2 amide bonds. The molecule has 2 heterocycles. The highest BCUT2D eigenvalue weighted by Gasteiger charge is 2.48. The van der Waals surface area contributed by atoms with Crippen LogP contribution in [0.25, 0.3) is 22.2 Å². The number of nitrogens with one attached hydrogen (secondary N) is 1. The molecule has 0 radical (unpaired) electrons. The molecule has 2 fully saturated rings. The summed E-state index contributed by atoms with van der Waals surface area (Å²) in [4.78, 5) is 30.6. The van der Waals surface area contributed by atoms with Crippen molar-refractivity contribution in [2.24, 2.45) is 11.7 Å². The maximum absolute atomic E-state index is 15.1. The molecule has 45 heavy (non-hydrogen) atoms. The zero-order chi connectivity index (χ0) is 32.3. The minimum Gasteiger partial charge on any atom is -0.494 e. The van der Waals surface area contributed by atoms with E-state index in [0.717, 1.165) is 6.07 Å². The lowest BCUT2D eigenvalue weighted by Crippen LogP contribution is -2.43. The van der Waals surface area contributed by atoms with E-state index < -0.39 is 34.8 Å². The number of fused-ring (bicyclic) bond motifs is 1. The van der Waals surface area contributed by atoms with Gasteiger partial charge in [-0.3, -0.25) is 9.59 Å². The summed E-state index contributed by atoms with van der Waals surface area (Å²) in [5.41, 5.74) is 3.88. The molecular formula is C31H29BrF3N5O5. The van der Waals surface area contributed by atoms with Crippen LogP contribution in [0.4, 0.5) is 13.2 Å². The number of hydrogen-bond acceptors (Lipinski definition) is 7. The molecule has 4 aromatic rings. The number of rotatable bonds is 11. The smallest absolute Gasteiger partial charge is 0.252 e. The van der Waals surface area contributed by atoms with Crippen LogP contribution in [0.15, 0.2) is 41.0 Å². The fraction of sp³-hybridized carbons (Fsp3) is 0.355. The largest absolute Gasteiger partial charge is 0.494 e. The van der Waals surface area contributed by atoms with Gasteiger partial charge in [-0.05, 0) is 65.9 Å². The lowest BCUT2D eigenvalue weighted by molar-refractivity contribution is 0.00946. The van der Waals surface area contributed by atoms with Crippen molar-refractivity contribution in [1.29, 1.82) is 0 Å². The van der Waals surface area contributed by atoms with Gasteiger partial charge in [0.1, 0.15) is 34.2 Å². The lowest BCUT2D eigenvalue weighted by atomic mass is 9.90. The van der Waals surface area contributed by atoms with Crippen LogP contribution in [0.5, 0.6) is 11.5 Å². The van der Waals surface area contributed by atoms with Gasteiger partial charge in [0.15, 0.2) is 5.75 Å². The van der Waals surface area contributed by atoms with Crippen molar-refractivity contribution in [3.63, 3.8) is 0 Å². The first-order chi connectivity index (χ1) is 21.4. The quantitative estimate of drug-likeness (QED) is 0.187. The van der Waals surface area contributed by atoms with Crippen LogP contribution in [-0.2, 0) is 11.4 Å². The molecule has 1 atom stereocenters. The third kappa shape index (κ3) is 5.61. The summed E-state index contributed by atoms with van der Waals surface area (Å²) in [6, 6.07) is 6.10. The first-order valence-corrected chi connectivity index (χ1v) is 15.1. The van der Waals surface area contributed by atoms with E-state index in [0.29, 0.717) is 42.7 Å². The van der Waals surface area contributed by atoms with Crippen molar-refractivity contribution in [2.75, 3.05) is 20.3 Å². The Bertz CT molecular complexity index is 1860. The normalized spacial score (nSPS) is 16.7. The summed E-state index contributed by atoms with van der Waals surface area (Å²) in [5.74, 6) is -5.09. The van der Waals surface area contributed by atoms with Gasteiger partial charge in [-0.1, -0.05) is 0 Å². The lowest BCUT2D eigenvalue weighted by Gasteiger charge is -2.29. The maximum atomic E-state index is 15.1. The van der Waals surface area contributed by atoms with E-state index in [2.05, 4.69) is 31.3 Å². The van der Waals surface area contributed by atoms with E-state index in [4.69, 9.17) is 15.2 Å². The summed E-state index contributed by atoms with van der Waals surface area (Å²) >= 11 is 3.05. The zero-order valence-corrected chi connectivity index (χ0v) is 25.9. The molecule has 0 aliphatic heterocycles. The van der Waals surface area contributed by atoms with Crippen molar-refractivity contribution in [1.82, 2.24) is 20.1 Å². The predicted molar refractivity (Wildman–Crippen MR) is 161 cm³/mol. The van der Waals surface area contributed by atoms with Gasteiger partial charge >= 0.3 is 0 Å². The van der Waals surface area contributed by atoms with E-state index in [9.17, 15) is 23.5 Å². The average Bonchev–Trinajstić information content (AvgIpc) is 3.95. The maximum Gasteiger partial charge on any atom is 0.252 e. The van der Waals surface area contributed by atoms with Crippen LogP contribution in [-0.4, -0.2) is 51.9 Å². The number of hydrogen-bond donors (Lipinski definition) is 3. The number of methoxy groups -OCH3 is 1. The Morgan fingerprint density at radius 1 is 1.20 bits per heavy atom. The number of benzene rings is 2. The molecule has 14 heteroatoms. The number of carbonyl (C=O) groups excluding carboxylic acids is 2. The van der Waals surface area contributed by atoms with Crippen LogP contribution in [0, 0.1) is 17.6 Å². The first kappa shape index (κ1) is 30.8.